The summed E-state index contributed by atoms with van der Waals surface area (Å²) in [5.41, 5.74) is 2.42. The SMILES string of the molecule is O=C1S/C(=C\c2cn(CCOc3ccc4c(c3)OCO4)c3ccc(Br)cc23)C(=O)N1c1ccccc1. The van der Waals surface area contributed by atoms with Crippen LogP contribution in [-0.4, -0.2) is 29.1 Å². The monoisotopic (exact) mass is 562 g/mol. The summed E-state index contributed by atoms with van der Waals surface area (Å²) in [5.74, 6) is 1.77. The molecule has 2 amide bonds. The van der Waals surface area contributed by atoms with Crippen LogP contribution in [0.25, 0.3) is 17.0 Å². The highest BCUT2D eigenvalue weighted by molar-refractivity contribution is 9.10. The standard InChI is InChI=1S/C27H19BrN2O5S/c28-18-6-8-22-21(13-18)17(12-25-26(31)30(27(32)36-25)19-4-2-1-3-5-19)15-29(22)10-11-33-20-7-9-23-24(14-20)35-16-34-23/h1-9,12-15H,10-11,16H2/b25-12-. The lowest BCUT2D eigenvalue weighted by atomic mass is 10.1. The van der Waals surface area contributed by atoms with E-state index in [1.54, 1.807) is 30.3 Å². The van der Waals surface area contributed by atoms with Gasteiger partial charge in [-0.2, -0.15) is 0 Å². The van der Waals surface area contributed by atoms with Gasteiger partial charge >= 0.3 is 0 Å². The average Bonchev–Trinajstić information content (AvgIpc) is 3.56. The number of aromatic nitrogens is 1. The van der Waals surface area contributed by atoms with Crippen molar-refractivity contribution < 1.29 is 23.8 Å². The number of nitrogens with zero attached hydrogens (tertiary/aromatic N) is 2. The van der Waals surface area contributed by atoms with Gasteiger partial charge in [0.1, 0.15) is 12.4 Å². The van der Waals surface area contributed by atoms with E-state index in [0.29, 0.717) is 41.0 Å². The van der Waals surface area contributed by atoms with Crippen LogP contribution in [0.5, 0.6) is 17.2 Å². The number of carbonyl (C=O) groups is 2. The highest BCUT2D eigenvalue weighted by Gasteiger charge is 2.36. The van der Waals surface area contributed by atoms with Gasteiger partial charge in [-0.15, -0.1) is 0 Å². The second kappa shape index (κ2) is 9.40. The number of carbonyl (C=O) groups excluding carboxylic acids is 2. The normalized spacial score (nSPS) is 15.9. The topological polar surface area (TPSA) is 70.0 Å². The van der Waals surface area contributed by atoms with Crippen LogP contribution in [0.3, 0.4) is 0 Å². The number of benzene rings is 3. The van der Waals surface area contributed by atoms with E-state index in [1.165, 1.54) is 4.90 Å². The number of rotatable bonds is 6. The second-order valence-corrected chi connectivity index (χ2v) is 10.1. The molecule has 0 unspecified atom stereocenters. The van der Waals surface area contributed by atoms with Crippen molar-refractivity contribution in [2.75, 3.05) is 18.3 Å². The zero-order valence-corrected chi connectivity index (χ0v) is 21.3. The lowest BCUT2D eigenvalue weighted by Gasteiger charge is -2.11. The summed E-state index contributed by atoms with van der Waals surface area (Å²) in [6.45, 7) is 1.24. The first kappa shape index (κ1) is 22.8. The first-order chi connectivity index (χ1) is 17.6. The minimum absolute atomic E-state index is 0.220. The Hall–Kier alpha value is -3.69. The molecule has 3 aromatic carbocycles. The number of amides is 2. The van der Waals surface area contributed by atoms with Gasteiger partial charge < -0.3 is 18.8 Å². The number of fused-ring (bicyclic) bond motifs is 2. The highest BCUT2D eigenvalue weighted by atomic mass is 79.9. The van der Waals surface area contributed by atoms with E-state index >= 15 is 0 Å². The van der Waals surface area contributed by atoms with Crippen molar-refractivity contribution in [3.05, 3.63) is 87.9 Å². The Kier molecular flexibility index (Phi) is 5.94. The van der Waals surface area contributed by atoms with Gasteiger partial charge in [0.2, 0.25) is 6.79 Å². The van der Waals surface area contributed by atoms with E-state index in [0.717, 1.165) is 32.7 Å². The molecular weight excluding hydrogens is 544 g/mol. The molecular formula is C27H19BrN2O5S. The molecule has 0 saturated carbocycles. The average molecular weight is 563 g/mol. The van der Waals surface area contributed by atoms with E-state index in [9.17, 15) is 9.59 Å². The predicted octanol–water partition coefficient (Wildman–Crippen LogP) is 6.45. The minimum atomic E-state index is -0.321. The third-order valence-electron chi connectivity index (χ3n) is 5.91. The molecule has 180 valence electrons. The van der Waals surface area contributed by atoms with E-state index in [-0.39, 0.29) is 17.9 Å². The first-order valence-corrected chi connectivity index (χ1v) is 12.8. The van der Waals surface area contributed by atoms with Crippen molar-refractivity contribution >= 4 is 61.5 Å². The summed E-state index contributed by atoms with van der Waals surface area (Å²) in [4.78, 5) is 27.3. The van der Waals surface area contributed by atoms with Crippen LogP contribution in [0.4, 0.5) is 10.5 Å². The van der Waals surface area contributed by atoms with Gasteiger partial charge in [0, 0.05) is 33.2 Å². The summed E-state index contributed by atoms with van der Waals surface area (Å²) in [6, 6.07) is 20.5. The number of anilines is 1. The van der Waals surface area contributed by atoms with Crippen molar-refractivity contribution in [2.24, 2.45) is 0 Å². The molecule has 6 rings (SSSR count). The molecule has 1 fully saturated rings. The van der Waals surface area contributed by atoms with Crippen molar-refractivity contribution in [2.45, 2.75) is 6.54 Å². The maximum Gasteiger partial charge on any atom is 0.298 e. The number of imide groups is 1. The fourth-order valence-corrected chi connectivity index (χ4v) is 5.43. The zero-order chi connectivity index (χ0) is 24.6. The Morgan fingerprint density at radius 3 is 2.69 bits per heavy atom. The minimum Gasteiger partial charge on any atom is -0.492 e. The molecule has 7 nitrogen and oxygen atoms in total. The molecule has 0 bridgehead atoms. The fourth-order valence-electron chi connectivity index (χ4n) is 4.23. The van der Waals surface area contributed by atoms with Crippen LogP contribution in [0.15, 0.2) is 82.3 Å². The Labute approximate surface area is 219 Å². The highest BCUT2D eigenvalue weighted by Crippen LogP contribution is 2.38. The maximum absolute atomic E-state index is 13.1. The van der Waals surface area contributed by atoms with Crippen LogP contribution in [0.2, 0.25) is 0 Å². The number of hydrogen-bond donors (Lipinski definition) is 0. The predicted molar refractivity (Wildman–Crippen MR) is 143 cm³/mol. The Bertz CT molecular complexity index is 1530. The third-order valence-corrected chi connectivity index (χ3v) is 7.28. The zero-order valence-electron chi connectivity index (χ0n) is 18.8. The van der Waals surface area contributed by atoms with Crippen LogP contribution < -0.4 is 19.1 Å². The molecule has 2 aliphatic rings. The van der Waals surface area contributed by atoms with Gasteiger partial charge in [0.05, 0.1) is 17.1 Å². The Balaban J connectivity index is 1.26. The van der Waals surface area contributed by atoms with E-state index in [4.69, 9.17) is 14.2 Å². The van der Waals surface area contributed by atoms with Crippen molar-refractivity contribution in [3.63, 3.8) is 0 Å². The lowest BCUT2D eigenvalue weighted by Crippen LogP contribution is -2.27. The number of para-hydroxylation sites is 1. The molecule has 0 radical (unpaired) electrons. The maximum atomic E-state index is 13.1. The molecule has 0 atom stereocenters. The third kappa shape index (κ3) is 4.25. The van der Waals surface area contributed by atoms with Gasteiger partial charge in [-0.25, -0.2) is 4.90 Å². The quantitative estimate of drug-likeness (QED) is 0.251. The molecule has 1 saturated heterocycles. The van der Waals surface area contributed by atoms with Crippen molar-refractivity contribution in [3.8, 4) is 17.2 Å². The summed E-state index contributed by atoms with van der Waals surface area (Å²) >= 11 is 4.50. The molecule has 3 heterocycles. The summed E-state index contributed by atoms with van der Waals surface area (Å²) in [6.07, 6.45) is 3.77. The molecule has 1 aromatic heterocycles. The summed E-state index contributed by atoms with van der Waals surface area (Å²) < 4.78 is 19.7. The van der Waals surface area contributed by atoms with Crippen LogP contribution in [0, 0.1) is 0 Å². The van der Waals surface area contributed by atoms with Crippen molar-refractivity contribution in [1.29, 1.82) is 0 Å². The van der Waals surface area contributed by atoms with E-state index in [1.807, 2.05) is 48.7 Å². The molecule has 36 heavy (non-hydrogen) atoms. The molecule has 0 spiro atoms. The van der Waals surface area contributed by atoms with Crippen molar-refractivity contribution in [1.82, 2.24) is 4.57 Å². The number of thioether (sulfide) groups is 1. The largest absolute Gasteiger partial charge is 0.492 e. The molecule has 2 aliphatic heterocycles. The first-order valence-electron chi connectivity index (χ1n) is 11.2. The van der Waals surface area contributed by atoms with Gasteiger partial charge in [-0.1, -0.05) is 34.1 Å². The van der Waals surface area contributed by atoms with Gasteiger partial charge in [0.15, 0.2) is 11.5 Å². The second-order valence-electron chi connectivity index (χ2n) is 8.16. The van der Waals surface area contributed by atoms with Gasteiger partial charge in [0.25, 0.3) is 11.1 Å². The number of ether oxygens (including phenoxy) is 3. The fraction of sp³-hybridized carbons (Fsp3) is 0.111. The van der Waals surface area contributed by atoms with Gasteiger partial charge in [-0.3, -0.25) is 9.59 Å². The smallest absolute Gasteiger partial charge is 0.298 e. The van der Waals surface area contributed by atoms with E-state index in [2.05, 4.69) is 20.5 Å². The van der Waals surface area contributed by atoms with Gasteiger partial charge in [-0.05, 0) is 60.3 Å². The number of halogens is 1. The van der Waals surface area contributed by atoms with Crippen LogP contribution in [0.1, 0.15) is 5.56 Å². The molecule has 4 aromatic rings. The summed E-state index contributed by atoms with van der Waals surface area (Å²) in [5, 5.41) is 0.665. The molecule has 0 aliphatic carbocycles. The number of hydrogen-bond acceptors (Lipinski definition) is 6. The Morgan fingerprint density at radius 2 is 1.83 bits per heavy atom. The molecule has 9 heteroatoms. The van der Waals surface area contributed by atoms with Crippen LogP contribution in [-0.2, 0) is 11.3 Å². The Morgan fingerprint density at radius 1 is 1.00 bits per heavy atom. The van der Waals surface area contributed by atoms with Crippen LogP contribution >= 0.6 is 27.7 Å². The van der Waals surface area contributed by atoms with E-state index < -0.39 is 0 Å². The lowest BCUT2D eigenvalue weighted by molar-refractivity contribution is -0.113. The summed E-state index contributed by atoms with van der Waals surface area (Å²) in [7, 11) is 0. The molecule has 0 N–H and O–H groups in total.